The number of ether oxygens (including phenoxy) is 1. The quantitative estimate of drug-likeness (QED) is 0.779. The number of thiazole rings is 1. The summed E-state index contributed by atoms with van der Waals surface area (Å²) in [6, 6.07) is 9.85. The van der Waals surface area contributed by atoms with Crippen molar-refractivity contribution in [3.05, 3.63) is 52.0 Å². The number of aromatic nitrogens is 1. The third-order valence-corrected chi connectivity index (χ3v) is 3.33. The summed E-state index contributed by atoms with van der Waals surface area (Å²) in [5, 5.41) is 2.58. The van der Waals surface area contributed by atoms with Gasteiger partial charge in [-0.3, -0.25) is 4.79 Å². The summed E-state index contributed by atoms with van der Waals surface area (Å²) < 4.78 is 5.45. The van der Waals surface area contributed by atoms with Crippen molar-refractivity contribution in [2.24, 2.45) is 0 Å². The van der Waals surface area contributed by atoms with E-state index in [-0.39, 0.29) is 11.9 Å². The number of methoxy groups -OCH3 is 1. The monoisotopic (exact) mass is 247 g/mol. The lowest BCUT2D eigenvalue weighted by Gasteiger charge is -2.12. The fraction of sp³-hybridized carbons (Fsp3) is 0.231. The van der Waals surface area contributed by atoms with Gasteiger partial charge in [0.2, 0.25) is 0 Å². The molecule has 4 heteroatoms. The Kier molecular flexibility index (Phi) is 3.66. The fourth-order valence-corrected chi connectivity index (χ4v) is 2.54. The molecule has 0 saturated carbocycles. The van der Waals surface area contributed by atoms with Gasteiger partial charge in [-0.05, 0) is 5.56 Å². The molecule has 0 aliphatic carbocycles. The molecule has 0 aliphatic heterocycles. The Morgan fingerprint density at radius 1 is 1.35 bits per heavy atom. The summed E-state index contributed by atoms with van der Waals surface area (Å²) in [5.74, 6) is -0.0181. The molecule has 0 saturated heterocycles. The molecule has 1 aromatic carbocycles. The molecule has 1 heterocycles. The normalized spacial score (nSPS) is 12.4. The van der Waals surface area contributed by atoms with Crippen molar-refractivity contribution in [1.29, 1.82) is 0 Å². The van der Waals surface area contributed by atoms with Crippen molar-refractivity contribution in [3.63, 3.8) is 0 Å². The van der Waals surface area contributed by atoms with Crippen molar-refractivity contribution in [2.45, 2.75) is 13.0 Å². The van der Waals surface area contributed by atoms with E-state index in [4.69, 9.17) is 4.74 Å². The van der Waals surface area contributed by atoms with Gasteiger partial charge in [0.25, 0.3) is 0 Å². The fourth-order valence-electron chi connectivity index (χ4n) is 1.58. The van der Waals surface area contributed by atoms with E-state index < -0.39 is 0 Å². The molecule has 17 heavy (non-hydrogen) atoms. The molecule has 0 aliphatic rings. The Balaban J connectivity index is 2.32. The Morgan fingerprint density at radius 3 is 2.59 bits per heavy atom. The second kappa shape index (κ2) is 5.21. The van der Waals surface area contributed by atoms with Crippen LogP contribution in [0.15, 0.2) is 35.7 Å². The van der Waals surface area contributed by atoms with E-state index in [2.05, 4.69) is 4.98 Å². The largest absolute Gasteiger partial charge is 0.370 e. The van der Waals surface area contributed by atoms with Gasteiger partial charge in [0, 0.05) is 19.4 Å². The minimum absolute atomic E-state index is 0.0181. The van der Waals surface area contributed by atoms with Gasteiger partial charge < -0.3 is 4.74 Å². The zero-order valence-electron chi connectivity index (χ0n) is 9.71. The van der Waals surface area contributed by atoms with Crippen LogP contribution in [-0.4, -0.2) is 17.9 Å². The van der Waals surface area contributed by atoms with Crippen molar-refractivity contribution in [1.82, 2.24) is 4.98 Å². The summed E-state index contributed by atoms with van der Waals surface area (Å²) in [4.78, 5) is 15.5. The molecule has 88 valence electrons. The Labute approximate surface area is 104 Å². The molecule has 0 N–H and O–H groups in total. The van der Waals surface area contributed by atoms with Crippen molar-refractivity contribution < 1.29 is 9.53 Å². The first-order valence-corrected chi connectivity index (χ1v) is 6.14. The summed E-state index contributed by atoms with van der Waals surface area (Å²) in [5.41, 5.74) is 1.54. The number of rotatable bonds is 4. The maximum absolute atomic E-state index is 11.2. The molecule has 1 unspecified atom stereocenters. The van der Waals surface area contributed by atoms with Crippen molar-refractivity contribution in [2.75, 3.05) is 7.11 Å². The van der Waals surface area contributed by atoms with Gasteiger partial charge in [-0.15, -0.1) is 11.3 Å². The first kappa shape index (κ1) is 12.0. The van der Waals surface area contributed by atoms with E-state index in [1.807, 2.05) is 30.3 Å². The van der Waals surface area contributed by atoms with E-state index in [9.17, 15) is 4.79 Å². The standard InChI is InChI=1S/C13H13NO2S/c1-9(15)11-8-17-13(14-11)12(16-2)10-6-4-3-5-7-10/h3-8,12H,1-2H3. The van der Waals surface area contributed by atoms with E-state index in [0.717, 1.165) is 10.6 Å². The van der Waals surface area contributed by atoms with Crippen LogP contribution in [0.2, 0.25) is 0 Å². The Bertz CT molecular complexity index is 507. The predicted octanol–water partition coefficient (Wildman–Crippen LogP) is 3.08. The highest BCUT2D eigenvalue weighted by Gasteiger charge is 2.17. The van der Waals surface area contributed by atoms with Crippen LogP contribution in [0.4, 0.5) is 0 Å². The molecule has 2 rings (SSSR count). The number of hydrogen-bond donors (Lipinski definition) is 0. The lowest BCUT2D eigenvalue weighted by Crippen LogP contribution is -2.03. The second-order valence-electron chi connectivity index (χ2n) is 3.65. The summed E-state index contributed by atoms with van der Waals surface area (Å²) in [6.07, 6.45) is -0.200. The van der Waals surface area contributed by atoms with Crippen LogP contribution in [0.1, 0.15) is 34.1 Å². The van der Waals surface area contributed by atoms with Crippen LogP contribution < -0.4 is 0 Å². The maximum atomic E-state index is 11.2. The summed E-state index contributed by atoms with van der Waals surface area (Å²) >= 11 is 1.45. The van der Waals surface area contributed by atoms with Gasteiger partial charge in [-0.1, -0.05) is 30.3 Å². The number of carbonyl (C=O) groups is 1. The highest BCUT2D eigenvalue weighted by Crippen LogP contribution is 2.27. The average molecular weight is 247 g/mol. The first-order valence-electron chi connectivity index (χ1n) is 5.26. The van der Waals surface area contributed by atoms with Gasteiger partial charge >= 0.3 is 0 Å². The minimum atomic E-state index is -0.200. The third-order valence-electron chi connectivity index (χ3n) is 2.44. The number of nitrogens with zero attached hydrogens (tertiary/aromatic N) is 1. The van der Waals surface area contributed by atoms with Crippen LogP contribution in [0.3, 0.4) is 0 Å². The second-order valence-corrected chi connectivity index (χ2v) is 4.54. The molecule has 1 aromatic heterocycles. The molecule has 0 amide bonds. The van der Waals surface area contributed by atoms with Crippen LogP contribution in [0.25, 0.3) is 0 Å². The van der Waals surface area contributed by atoms with Gasteiger partial charge in [0.1, 0.15) is 16.8 Å². The molecule has 0 fully saturated rings. The Morgan fingerprint density at radius 2 is 2.06 bits per heavy atom. The summed E-state index contributed by atoms with van der Waals surface area (Å²) in [6.45, 7) is 1.52. The van der Waals surface area contributed by atoms with E-state index in [1.165, 1.54) is 18.3 Å². The van der Waals surface area contributed by atoms with Gasteiger partial charge in [-0.25, -0.2) is 4.98 Å². The smallest absolute Gasteiger partial charge is 0.178 e. The molecule has 2 aromatic rings. The van der Waals surface area contributed by atoms with E-state index in [0.29, 0.717) is 5.69 Å². The highest BCUT2D eigenvalue weighted by atomic mass is 32.1. The van der Waals surface area contributed by atoms with Crippen LogP contribution in [0.5, 0.6) is 0 Å². The van der Waals surface area contributed by atoms with Crippen LogP contribution in [0, 0.1) is 0 Å². The topological polar surface area (TPSA) is 39.2 Å². The van der Waals surface area contributed by atoms with E-state index >= 15 is 0 Å². The van der Waals surface area contributed by atoms with Gasteiger partial charge in [0.15, 0.2) is 5.78 Å². The molecule has 1 atom stereocenters. The predicted molar refractivity (Wildman–Crippen MR) is 67.4 cm³/mol. The molecular weight excluding hydrogens is 234 g/mol. The molecular formula is C13H13NO2S. The van der Waals surface area contributed by atoms with Crippen molar-refractivity contribution >= 4 is 17.1 Å². The van der Waals surface area contributed by atoms with Gasteiger partial charge in [0.05, 0.1) is 0 Å². The molecule has 0 radical (unpaired) electrons. The van der Waals surface area contributed by atoms with Gasteiger partial charge in [-0.2, -0.15) is 0 Å². The number of benzene rings is 1. The minimum Gasteiger partial charge on any atom is -0.370 e. The zero-order chi connectivity index (χ0) is 12.3. The number of carbonyl (C=O) groups excluding carboxylic acids is 1. The lowest BCUT2D eigenvalue weighted by atomic mass is 10.1. The maximum Gasteiger partial charge on any atom is 0.178 e. The average Bonchev–Trinajstić information content (AvgIpc) is 2.81. The third kappa shape index (κ3) is 2.60. The zero-order valence-corrected chi connectivity index (χ0v) is 10.5. The van der Waals surface area contributed by atoms with Crippen molar-refractivity contribution in [3.8, 4) is 0 Å². The number of hydrogen-bond acceptors (Lipinski definition) is 4. The number of Topliss-reactive ketones (excluding diaryl/α,β-unsaturated/α-hetero) is 1. The number of ketones is 1. The lowest BCUT2D eigenvalue weighted by molar-refractivity contribution is 0.101. The molecule has 0 bridgehead atoms. The molecule has 0 spiro atoms. The van der Waals surface area contributed by atoms with E-state index in [1.54, 1.807) is 12.5 Å². The SMILES string of the molecule is COC(c1ccccc1)c1nc(C(C)=O)cs1. The highest BCUT2D eigenvalue weighted by molar-refractivity contribution is 7.09. The first-order chi connectivity index (χ1) is 8.22. The molecule has 3 nitrogen and oxygen atoms in total. The Hall–Kier alpha value is -1.52. The summed E-state index contributed by atoms with van der Waals surface area (Å²) in [7, 11) is 1.65. The van der Waals surface area contributed by atoms with Crippen LogP contribution >= 0.6 is 11.3 Å². The van der Waals surface area contributed by atoms with Crippen LogP contribution in [-0.2, 0) is 4.74 Å².